The highest BCUT2D eigenvalue weighted by atomic mass is 32.2. The maximum Gasteiger partial charge on any atom is 0.279 e. The van der Waals surface area contributed by atoms with E-state index in [0.717, 1.165) is 19.3 Å². The van der Waals surface area contributed by atoms with Crippen LogP contribution in [0.4, 0.5) is 0 Å². The minimum Gasteiger partial charge on any atom is -0.374 e. The number of nitrogens with zero attached hydrogens (tertiary/aromatic N) is 1. The molecule has 6 nitrogen and oxygen atoms in total. The zero-order valence-electron chi connectivity index (χ0n) is 13.1. The van der Waals surface area contributed by atoms with Crippen LogP contribution in [-0.2, 0) is 14.9 Å². The lowest BCUT2D eigenvalue weighted by Crippen LogP contribution is -2.54. The second-order valence-corrected chi connectivity index (χ2v) is 7.54. The highest BCUT2D eigenvalue weighted by molar-refractivity contribution is 7.87. The van der Waals surface area contributed by atoms with E-state index in [1.165, 1.54) is 0 Å². The van der Waals surface area contributed by atoms with Gasteiger partial charge in [-0.25, -0.2) is 0 Å². The fraction of sp³-hybridized carbons (Fsp3) is 1.00. The van der Waals surface area contributed by atoms with Gasteiger partial charge in [0.1, 0.15) is 0 Å². The van der Waals surface area contributed by atoms with Gasteiger partial charge in [0.05, 0.1) is 5.60 Å². The number of hydrogen-bond donors (Lipinski definition) is 2. The van der Waals surface area contributed by atoms with Crippen molar-refractivity contribution < 1.29 is 13.2 Å². The maximum absolute atomic E-state index is 12.5. The Balaban J connectivity index is 2.66. The summed E-state index contributed by atoms with van der Waals surface area (Å²) in [6, 6.07) is 0.0430. The van der Waals surface area contributed by atoms with Crippen molar-refractivity contribution >= 4 is 10.2 Å². The number of ether oxygens (including phenoxy) is 1. The average molecular weight is 307 g/mol. The summed E-state index contributed by atoms with van der Waals surface area (Å²) in [4.78, 5) is 0. The Kier molecular flexibility index (Phi) is 6.87. The quantitative estimate of drug-likeness (QED) is 0.693. The minimum atomic E-state index is -3.44. The number of hydrogen-bond acceptors (Lipinski definition) is 4. The Labute approximate surface area is 123 Å². The molecule has 1 heterocycles. The summed E-state index contributed by atoms with van der Waals surface area (Å²) in [6.07, 6.45) is 2.93. The molecule has 0 saturated carbocycles. The third-order valence-electron chi connectivity index (χ3n) is 3.54. The number of nitrogens with one attached hydrogen (secondary N) is 2. The molecule has 0 aromatic rings. The Morgan fingerprint density at radius 3 is 2.65 bits per heavy atom. The van der Waals surface area contributed by atoms with E-state index in [9.17, 15) is 8.42 Å². The molecule has 0 aromatic carbocycles. The van der Waals surface area contributed by atoms with Gasteiger partial charge in [0, 0.05) is 32.3 Å². The van der Waals surface area contributed by atoms with Crippen molar-refractivity contribution in [2.45, 2.75) is 51.7 Å². The van der Waals surface area contributed by atoms with Crippen LogP contribution in [0.3, 0.4) is 0 Å². The van der Waals surface area contributed by atoms with E-state index in [1.54, 1.807) is 4.31 Å². The molecule has 0 aromatic heterocycles. The standard InChI is InChI=1S/C13H29N3O3S/c1-5-19-13(2,3)11-15-20(17,18)16-9-7-6-8-12(16)10-14-4/h12,14-15H,5-11H2,1-4H3. The van der Waals surface area contributed by atoms with Crippen molar-refractivity contribution in [3.8, 4) is 0 Å². The third-order valence-corrected chi connectivity index (χ3v) is 5.14. The van der Waals surface area contributed by atoms with E-state index in [4.69, 9.17) is 4.74 Å². The smallest absolute Gasteiger partial charge is 0.279 e. The second kappa shape index (κ2) is 7.70. The molecule has 1 saturated heterocycles. The van der Waals surface area contributed by atoms with Gasteiger partial charge in [-0.1, -0.05) is 6.42 Å². The topological polar surface area (TPSA) is 70.7 Å². The van der Waals surface area contributed by atoms with Crippen molar-refractivity contribution in [3.63, 3.8) is 0 Å². The monoisotopic (exact) mass is 307 g/mol. The summed E-state index contributed by atoms with van der Waals surface area (Å²) in [5.74, 6) is 0. The number of piperidine rings is 1. The Hall–Kier alpha value is -0.210. The predicted molar refractivity (Wildman–Crippen MR) is 80.9 cm³/mol. The average Bonchev–Trinajstić information content (AvgIpc) is 2.38. The summed E-state index contributed by atoms with van der Waals surface area (Å²) in [6.45, 7) is 7.82. The molecule has 120 valence electrons. The van der Waals surface area contributed by atoms with Gasteiger partial charge in [-0.05, 0) is 40.7 Å². The van der Waals surface area contributed by atoms with Crippen LogP contribution in [0.25, 0.3) is 0 Å². The third kappa shape index (κ3) is 5.29. The van der Waals surface area contributed by atoms with Gasteiger partial charge in [0.15, 0.2) is 0 Å². The van der Waals surface area contributed by atoms with Gasteiger partial charge in [0.2, 0.25) is 0 Å². The van der Waals surface area contributed by atoms with E-state index in [1.807, 2.05) is 27.8 Å². The molecular formula is C13H29N3O3S. The molecule has 20 heavy (non-hydrogen) atoms. The van der Waals surface area contributed by atoms with Crippen LogP contribution in [0.15, 0.2) is 0 Å². The number of likely N-dealkylation sites (N-methyl/N-ethyl adjacent to an activating group) is 1. The Morgan fingerprint density at radius 1 is 1.35 bits per heavy atom. The molecule has 0 spiro atoms. The van der Waals surface area contributed by atoms with Gasteiger partial charge in [-0.15, -0.1) is 0 Å². The first-order valence-electron chi connectivity index (χ1n) is 7.37. The van der Waals surface area contributed by atoms with Crippen LogP contribution in [0.2, 0.25) is 0 Å². The van der Waals surface area contributed by atoms with Crippen molar-refractivity contribution in [1.82, 2.24) is 14.3 Å². The van der Waals surface area contributed by atoms with Crippen molar-refractivity contribution in [3.05, 3.63) is 0 Å². The maximum atomic E-state index is 12.5. The molecule has 0 radical (unpaired) electrons. The molecule has 1 aliphatic rings. The van der Waals surface area contributed by atoms with Gasteiger partial charge in [0.25, 0.3) is 10.2 Å². The largest absolute Gasteiger partial charge is 0.374 e. The van der Waals surface area contributed by atoms with E-state index >= 15 is 0 Å². The lowest BCUT2D eigenvalue weighted by molar-refractivity contribution is -0.00550. The van der Waals surface area contributed by atoms with Crippen molar-refractivity contribution in [1.29, 1.82) is 0 Å². The zero-order valence-corrected chi connectivity index (χ0v) is 13.9. The van der Waals surface area contributed by atoms with E-state index in [-0.39, 0.29) is 12.6 Å². The Bertz CT molecular complexity index is 382. The van der Waals surface area contributed by atoms with Crippen molar-refractivity contribution in [2.24, 2.45) is 0 Å². The lowest BCUT2D eigenvalue weighted by atomic mass is 10.1. The van der Waals surface area contributed by atoms with E-state index in [2.05, 4.69) is 10.0 Å². The highest BCUT2D eigenvalue weighted by Gasteiger charge is 2.33. The van der Waals surface area contributed by atoms with Gasteiger partial charge in [-0.2, -0.15) is 17.4 Å². The molecule has 0 aliphatic carbocycles. The molecule has 7 heteroatoms. The molecule has 1 aliphatic heterocycles. The summed E-state index contributed by atoms with van der Waals surface area (Å²) in [5.41, 5.74) is -0.490. The summed E-state index contributed by atoms with van der Waals surface area (Å²) in [5, 5.41) is 3.07. The van der Waals surface area contributed by atoms with Crippen molar-refractivity contribution in [2.75, 3.05) is 33.3 Å². The summed E-state index contributed by atoms with van der Waals surface area (Å²) >= 11 is 0. The predicted octanol–water partition coefficient (Wildman–Crippen LogP) is 0.710. The minimum absolute atomic E-state index is 0.0430. The van der Waals surface area contributed by atoms with Gasteiger partial charge < -0.3 is 10.1 Å². The number of rotatable bonds is 8. The van der Waals surface area contributed by atoms with E-state index < -0.39 is 15.8 Å². The fourth-order valence-corrected chi connectivity index (χ4v) is 4.16. The van der Waals surface area contributed by atoms with Crippen LogP contribution in [0.5, 0.6) is 0 Å². The fourth-order valence-electron chi connectivity index (χ4n) is 2.52. The highest BCUT2D eigenvalue weighted by Crippen LogP contribution is 2.19. The summed E-state index contributed by atoms with van der Waals surface area (Å²) in [7, 11) is -1.59. The van der Waals surface area contributed by atoms with Crippen LogP contribution < -0.4 is 10.0 Å². The summed E-state index contributed by atoms with van der Waals surface area (Å²) < 4.78 is 34.7. The first-order chi connectivity index (χ1) is 9.32. The molecule has 0 bridgehead atoms. The first kappa shape index (κ1) is 17.8. The Morgan fingerprint density at radius 2 is 2.05 bits per heavy atom. The molecule has 1 atom stereocenters. The van der Waals surface area contributed by atoms with Crippen LogP contribution in [0, 0.1) is 0 Å². The first-order valence-corrected chi connectivity index (χ1v) is 8.81. The zero-order chi connectivity index (χ0) is 15.2. The molecule has 1 fully saturated rings. The normalized spacial score (nSPS) is 22.1. The molecule has 2 N–H and O–H groups in total. The molecule has 0 amide bonds. The van der Waals surface area contributed by atoms with E-state index in [0.29, 0.717) is 19.7 Å². The molecule has 1 unspecified atom stereocenters. The second-order valence-electron chi connectivity index (χ2n) is 5.84. The lowest BCUT2D eigenvalue weighted by Gasteiger charge is -2.35. The SMILES string of the molecule is CCOC(C)(C)CNS(=O)(=O)N1CCCCC1CNC. The molecule has 1 rings (SSSR count). The van der Waals surface area contributed by atoms with Crippen LogP contribution in [0.1, 0.15) is 40.0 Å². The van der Waals surface area contributed by atoms with Gasteiger partial charge in [-0.3, -0.25) is 0 Å². The van der Waals surface area contributed by atoms with Crippen LogP contribution >= 0.6 is 0 Å². The van der Waals surface area contributed by atoms with Gasteiger partial charge >= 0.3 is 0 Å². The van der Waals surface area contributed by atoms with Crippen LogP contribution in [-0.4, -0.2) is 57.7 Å². The molecular weight excluding hydrogens is 278 g/mol.